The van der Waals surface area contributed by atoms with E-state index in [1.54, 1.807) is 4.90 Å². The molecule has 1 aliphatic rings. The Labute approximate surface area is 203 Å². The summed E-state index contributed by atoms with van der Waals surface area (Å²) in [6.45, 7) is 3.63. The Morgan fingerprint density at radius 3 is 2.57 bits per heavy atom. The number of rotatable bonds is 9. The average Bonchev–Trinajstić information content (AvgIpc) is 2.83. The van der Waals surface area contributed by atoms with Gasteiger partial charge in [-0.05, 0) is 43.3 Å². The molecule has 2 aromatic carbocycles. The van der Waals surface area contributed by atoms with Crippen molar-refractivity contribution in [3.63, 3.8) is 0 Å². The van der Waals surface area contributed by atoms with Crippen LogP contribution in [0.1, 0.15) is 11.3 Å². The van der Waals surface area contributed by atoms with Crippen LogP contribution >= 0.6 is 0 Å². The van der Waals surface area contributed by atoms with E-state index in [1.807, 2.05) is 37.3 Å². The number of aliphatic hydroxyl groups excluding tert-OH is 1. The number of aliphatic hydroxyl groups is 1. The minimum Gasteiger partial charge on any atom is -0.489 e. The number of hydrogen-bond acceptors (Lipinski definition) is 8. The second kappa shape index (κ2) is 10.7. The molecule has 186 valence electrons. The van der Waals surface area contributed by atoms with Crippen molar-refractivity contribution in [3.8, 4) is 5.75 Å². The molecule has 4 rings (SSSR count). The van der Waals surface area contributed by atoms with Gasteiger partial charge in [-0.25, -0.2) is 8.42 Å². The number of fused-ring (bicyclic) bond motifs is 1. The van der Waals surface area contributed by atoms with E-state index < -0.39 is 28.2 Å². The maximum absolute atomic E-state index is 12.8. The highest BCUT2D eigenvalue weighted by molar-refractivity contribution is 7.89. The zero-order valence-electron chi connectivity index (χ0n) is 19.3. The van der Waals surface area contributed by atoms with E-state index in [2.05, 4.69) is 9.71 Å². The van der Waals surface area contributed by atoms with E-state index in [0.717, 1.165) is 22.2 Å². The highest BCUT2D eigenvalue weighted by Gasteiger charge is 2.35. The molecule has 11 heteroatoms. The van der Waals surface area contributed by atoms with E-state index in [-0.39, 0.29) is 11.5 Å². The molecule has 0 aliphatic carbocycles. The van der Waals surface area contributed by atoms with Gasteiger partial charge in [0.15, 0.2) is 0 Å². The molecule has 4 N–H and O–H groups in total. The quantitative estimate of drug-likeness (QED) is 0.368. The predicted molar refractivity (Wildman–Crippen MR) is 129 cm³/mol. The number of sulfonamides is 1. The van der Waals surface area contributed by atoms with E-state index in [9.17, 15) is 18.3 Å². The van der Waals surface area contributed by atoms with Crippen LogP contribution in [0.25, 0.3) is 10.9 Å². The Bertz CT molecular complexity index is 1290. The summed E-state index contributed by atoms with van der Waals surface area (Å²) in [5.74, 6) is -0.351. The standard InChI is InChI=1S/C24H28N4O6S/c1-16-14-17(20-4-2-3-5-21(20)26-16)15-34-18-6-8-19(9-7-18)35(31,32)27-24(30)22(23(25)29)28-10-12-33-13-11-28/h2-9,14,22,24,27,30H,10-13,15H2,1H3,(H2,25,29). The van der Waals surface area contributed by atoms with Gasteiger partial charge in [-0.2, -0.15) is 4.72 Å². The van der Waals surface area contributed by atoms with Crippen molar-refractivity contribution in [2.24, 2.45) is 5.73 Å². The van der Waals surface area contributed by atoms with Gasteiger partial charge in [-0.3, -0.25) is 14.7 Å². The van der Waals surface area contributed by atoms with Gasteiger partial charge in [0.1, 0.15) is 24.6 Å². The second-order valence-corrected chi connectivity index (χ2v) is 9.98. The van der Waals surface area contributed by atoms with Crippen LogP contribution in [0, 0.1) is 6.92 Å². The van der Waals surface area contributed by atoms with Crippen molar-refractivity contribution in [1.29, 1.82) is 0 Å². The minimum atomic E-state index is -4.12. The number of nitrogens with two attached hydrogens (primary N) is 1. The first-order valence-electron chi connectivity index (χ1n) is 11.1. The molecule has 0 bridgehead atoms. The first-order valence-corrected chi connectivity index (χ1v) is 12.6. The molecule has 2 unspecified atom stereocenters. The summed E-state index contributed by atoms with van der Waals surface area (Å²) in [4.78, 5) is 18.0. The molecular weight excluding hydrogens is 472 g/mol. The number of benzene rings is 2. The third kappa shape index (κ3) is 5.95. The Kier molecular flexibility index (Phi) is 7.63. The van der Waals surface area contributed by atoms with Crippen molar-refractivity contribution in [2.45, 2.75) is 30.7 Å². The molecule has 1 aliphatic heterocycles. The van der Waals surface area contributed by atoms with E-state index in [4.69, 9.17) is 15.2 Å². The fourth-order valence-electron chi connectivity index (χ4n) is 4.07. The molecule has 1 aromatic heterocycles. The van der Waals surface area contributed by atoms with E-state index >= 15 is 0 Å². The number of para-hydroxylation sites is 1. The van der Waals surface area contributed by atoms with Crippen LogP contribution in [-0.4, -0.2) is 67.9 Å². The number of carbonyl (C=O) groups is 1. The van der Waals surface area contributed by atoms with Crippen molar-refractivity contribution < 1.29 is 27.8 Å². The zero-order chi connectivity index (χ0) is 25.0. The summed E-state index contributed by atoms with van der Waals surface area (Å²) in [7, 11) is -4.12. The number of nitrogens with zero attached hydrogens (tertiary/aromatic N) is 2. The molecule has 10 nitrogen and oxygen atoms in total. The van der Waals surface area contributed by atoms with Crippen LogP contribution in [0.15, 0.2) is 59.5 Å². The molecule has 1 amide bonds. The maximum Gasteiger partial charge on any atom is 0.242 e. The molecule has 0 spiro atoms. The van der Waals surface area contributed by atoms with Crippen molar-refractivity contribution in [3.05, 3.63) is 65.9 Å². The lowest BCUT2D eigenvalue weighted by Gasteiger charge is -2.35. The highest BCUT2D eigenvalue weighted by atomic mass is 32.2. The van der Waals surface area contributed by atoms with Crippen LogP contribution in [0.4, 0.5) is 0 Å². The van der Waals surface area contributed by atoms with E-state index in [1.165, 1.54) is 24.3 Å². The first-order chi connectivity index (χ1) is 16.7. The van der Waals surface area contributed by atoms with Crippen LogP contribution in [0.3, 0.4) is 0 Å². The van der Waals surface area contributed by atoms with Crippen LogP contribution in [-0.2, 0) is 26.2 Å². The van der Waals surface area contributed by atoms with Crippen molar-refractivity contribution in [2.75, 3.05) is 26.3 Å². The molecular formula is C24H28N4O6S. The third-order valence-corrected chi connectivity index (χ3v) is 7.21. The summed E-state index contributed by atoms with van der Waals surface area (Å²) in [5, 5.41) is 11.5. The lowest BCUT2D eigenvalue weighted by molar-refractivity contribution is -0.130. The lowest BCUT2D eigenvalue weighted by Crippen LogP contribution is -2.59. The fraction of sp³-hybridized carbons (Fsp3) is 0.333. The number of pyridine rings is 1. The fourth-order valence-corrected chi connectivity index (χ4v) is 5.15. The van der Waals surface area contributed by atoms with Crippen molar-refractivity contribution >= 4 is 26.8 Å². The number of aryl methyl sites for hydroxylation is 1. The number of morpholine rings is 1. The number of amides is 1. The van der Waals surface area contributed by atoms with Gasteiger partial charge in [0, 0.05) is 29.7 Å². The van der Waals surface area contributed by atoms with Gasteiger partial charge in [-0.15, -0.1) is 0 Å². The zero-order valence-corrected chi connectivity index (χ0v) is 20.1. The number of aromatic nitrogens is 1. The third-order valence-electron chi connectivity index (χ3n) is 5.76. The maximum atomic E-state index is 12.8. The highest BCUT2D eigenvalue weighted by Crippen LogP contribution is 2.22. The van der Waals surface area contributed by atoms with Crippen LogP contribution in [0.2, 0.25) is 0 Å². The van der Waals surface area contributed by atoms with Gasteiger partial charge >= 0.3 is 0 Å². The van der Waals surface area contributed by atoms with Gasteiger partial charge in [-0.1, -0.05) is 18.2 Å². The summed E-state index contributed by atoms with van der Waals surface area (Å²) >= 11 is 0. The van der Waals surface area contributed by atoms with E-state index in [0.29, 0.717) is 32.1 Å². The number of carbonyl (C=O) groups excluding carboxylic acids is 1. The molecule has 1 fully saturated rings. The topological polar surface area (TPSA) is 144 Å². The number of hydrogen-bond donors (Lipinski definition) is 3. The Balaban J connectivity index is 1.43. The van der Waals surface area contributed by atoms with Gasteiger partial charge < -0.3 is 20.3 Å². The van der Waals surface area contributed by atoms with Crippen LogP contribution < -0.4 is 15.2 Å². The SMILES string of the molecule is Cc1cc(COc2ccc(S(=O)(=O)NC(O)C(C(N)=O)N3CCOCC3)cc2)c2ccccc2n1. The largest absolute Gasteiger partial charge is 0.489 e. The molecule has 0 radical (unpaired) electrons. The summed E-state index contributed by atoms with van der Waals surface area (Å²) in [5.41, 5.74) is 8.16. The lowest BCUT2D eigenvalue weighted by atomic mass is 10.1. The first kappa shape index (κ1) is 25.0. The second-order valence-electron chi connectivity index (χ2n) is 8.26. The molecule has 0 saturated carbocycles. The smallest absolute Gasteiger partial charge is 0.242 e. The number of primary amides is 1. The summed E-state index contributed by atoms with van der Waals surface area (Å²) < 4.78 is 38.9. The average molecular weight is 501 g/mol. The molecule has 3 aromatic rings. The molecule has 1 saturated heterocycles. The predicted octanol–water partition coefficient (Wildman–Crippen LogP) is 0.905. The summed E-state index contributed by atoms with van der Waals surface area (Å²) in [6.07, 6.45) is -1.71. The van der Waals surface area contributed by atoms with Crippen LogP contribution in [0.5, 0.6) is 5.75 Å². The normalized spacial score (nSPS) is 16.6. The van der Waals surface area contributed by atoms with Crippen molar-refractivity contribution in [1.82, 2.24) is 14.6 Å². The number of nitrogens with one attached hydrogen (secondary N) is 1. The van der Waals surface area contributed by atoms with Gasteiger partial charge in [0.2, 0.25) is 15.9 Å². The van der Waals surface area contributed by atoms with Gasteiger partial charge in [0.05, 0.1) is 23.6 Å². The molecule has 2 atom stereocenters. The van der Waals surface area contributed by atoms with Gasteiger partial charge in [0.25, 0.3) is 0 Å². The Morgan fingerprint density at radius 2 is 1.89 bits per heavy atom. The monoisotopic (exact) mass is 500 g/mol. The minimum absolute atomic E-state index is 0.0840. The molecule has 35 heavy (non-hydrogen) atoms. The summed E-state index contributed by atoms with van der Waals surface area (Å²) in [6, 6.07) is 14.3. The Morgan fingerprint density at radius 1 is 1.20 bits per heavy atom. The number of ether oxygens (including phenoxy) is 2. The Hall–Kier alpha value is -3.09. The molecule has 2 heterocycles.